The monoisotopic (exact) mass is 487 g/mol. The summed E-state index contributed by atoms with van der Waals surface area (Å²) in [5.74, 6) is 0.111. The van der Waals surface area contributed by atoms with Crippen LogP contribution in [-0.4, -0.2) is 58.4 Å². The van der Waals surface area contributed by atoms with E-state index in [1.165, 1.54) is 12.1 Å². The largest absolute Gasteiger partial charge is 0.489 e. The Morgan fingerprint density at radius 1 is 1.11 bits per heavy atom. The van der Waals surface area contributed by atoms with Gasteiger partial charge in [-0.05, 0) is 74.0 Å². The molecule has 7 nitrogen and oxygen atoms in total. The second-order valence-corrected chi connectivity index (χ2v) is 9.17. The van der Waals surface area contributed by atoms with Gasteiger partial charge in [-0.2, -0.15) is 0 Å². The van der Waals surface area contributed by atoms with E-state index in [1.54, 1.807) is 38.1 Å². The second-order valence-electron chi connectivity index (χ2n) is 9.17. The highest BCUT2D eigenvalue weighted by atomic mass is 19.1. The predicted octanol–water partition coefficient (Wildman–Crippen LogP) is 4.67. The van der Waals surface area contributed by atoms with Crippen LogP contribution in [0.3, 0.4) is 0 Å². The van der Waals surface area contributed by atoms with Gasteiger partial charge in [-0.3, -0.25) is 4.90 Å². The van der Waals surface area contributed by atoms with Crippen LogP contribution in [0.4, 0.5) is 14.9 Å². The topological polar surface area (TPSA) is 77.3 Å². The molecule has 0 bridgehead atoms. The molecule has 0 atom stereocenters. The van der Waals surface area contributed by atoms with Gasteiger partial charge in [0.25, 0.3) is 0 Å². The quantitative estimate of drug-likeness (QED) is 0.527. The van der Waals surface area contributed by atoms with E-state index in [-0.39, 0.29) is 24.6 Å². The summed E-state index contributed by atoms with van der Waals surface area (Å²) in [5, 5.41) is 0. The molecule has 1 saturated carbocycles. The van der Waals surface area contributed by atoms with E-state index in [9.17, 15) is 9.18 Å². The molecule has 0 aromatic heterocycles. The van der Waals surface area contributed by atoms with E-state index in [2.05, 4.69) is 0 Å². The Hall–Kier alpha value is -2.68. The van der Waals surface area contributed by atoms with Gasteiger partial charge in [0.2, 0.25) is 0 Å². The van der Waals surface area contributed by atoms with Gasteiger partial charge in [-0.15, -0.1) is 0 Å². The van der Waals surface area contributed by atoms with E-state index in [1.807, 2.05) is 30.3 Å². The Bertz CT molecular complexity index is 961. The lowest BCUT2D eigenvalue weighted by Gasteiger charge is -2.39. The van der Waals surface area contributed by atoms with Crippen LogP contribution in [0.5, 0.6) is 5.75 Å². The molecular weight excluding hydrogens is 449 g/mol. The number of hydrogen-bond acceptors (Lipinski definition) is 5. The summed E-state index contributed by atoms with van der Waals surface area (Å²) in [4.78, 5) is 15.8. The van der Waals surface area contributed by atoms with Crippen LogP contribution in [0.15, 0.2) is 42.5 Å². The third kappa shape index (κ3) is 6.72. The zero-order valence-electron chi connectivity index (χ0n) is 21.3. The van der Waals surface area contributed by atoms with Crippen molar-refractivity contribution in [3.8, 4) is 5.75 Å². The molecule has 0 aliphatic heterocycles. The van der Waals surface area contributed by atoms with Crippen molar-refractivity contribution >= 4 is 11.7 Å². The Labute approximate surface area is 207 Å². The maximum atomic E-state index is 14.5. The molecule has 2 aromatic rings. The van der Waals surface area contributed by atoms with Crippen LogP contribution in [0.2, 0.25) is 0 Å². The zero-order valence-corrected chi connectivity index (χ0v) is 21.3. The van der Waals surface area contributed by atoms with Gasteiger partial charge < -0.3 is 24.8 Å². The summed E-state index contributed by atoms with van der Waals surface area (Å²) >= 11 is 0. The summed E-state index contributed by atoms with van der Waals surface area (Å²) in [5.41, 5.74) is 7.48. The number of anilines is 1. The maximum Gasteiger partial charge on any atom is 0.323 e. The number of hydrogen-bond donors (Lipinski definition) is 1. The average molecular weight is 488 g/mol. The van der Waals surface area contributed by atoms with Crippen molar-refractivity contribution in [2.75, 3.05) is 46.3 Å². The molecule has 8 heteroatoms. The zero-order chi connectivity index (χ0) is 25.4. The number of halogens is 1. The fourth-order valence-electron chi connectivity index (χ4n) is 4.59. The minimum absolute atomic E-state index is 0.0960. The number of rotatable bonds is 10. The molecule has 0 spiro atoms. The van der Waals surface area contributed by atoms with Crippen molar-refractivity contribution in [1.29, 1.82) is 0 Å². The van der Waals surface area contributed by atoms with Crippen LogP contribution in [0.1, 0.15) is 43.2 Å². The minimum Gasteiger partial charge on any atom is -0.489 e. The molecule has 0 unspecified atom stereocenters. The standard InChI is InChI=1S/C27H38FN3O4/c1-30(15-5-14-29)26(32)31(2)23-8-6-20(7-9-23)19-35-25-17-21(16-22(28)18-25)27(34-4)12-10-24(33-3)11-13-27/h6-9,16-18,24H,5,10-15,19,29H2,1-4H3. The molecule has 0 heterocycles. The van der Waals surface area contributed by atoms with Gasteiger partial charge in [0.15, 0.2) is 0 Å². The lowest BCUT2D eigenvalue weighted by molar-refractivity contribution is -0.0764. The number of ether oxygens (including phenoxy) is 3. The Kier molecular flexibility index (Phi) is 9.48. The van der Waals surface area contributed by atoms with Gasteiger partial charge in [-0.25, -0.2) is 9.18 Å². The van der Waals surface area contributed by atoms with E-state index in [0.717, 1.165) is 48.9 Å². The summed E-state index contributed by atoms with van der Waals surface area (Å²) < 4.78 is 31.8. The highest BCUT2D eigenvalue weighted by Gasteiger charge is 2.37. The highest BCUT2D eigenvalue weighted by Crippen LogP contribution is 2.42. The number of urea groups is 1. The molecular formula is C27H38FN3O4. The number of nitrogens with two attached hydrogens (primary N) is 1. The first kappa shape index (κ1) is 26.9. The minimum atomic E-state index is -0.536. The first-order valence-electron chi connectivity index (χ1n) is 12.1. The van der Waals surface area contributed by atoms with Crippen molar-refractivity contribution in [3.63, 3.8) is 0 Å². The van der Waals surface area contributed by atoms with E-state index in [4.69, 9.17) is 19.9 Å². The summed E-state index contributed by atoms with van der Waals surface area (Å²) in [6.07, 6.45) is 4.23. The van der Waals surface area contributed by atoms with Crippen molar-refractivity contribution in [2.45, 2.75) is 50.4 Å². The van der Waals surface area contributed by atoms with Crippen molar-refractivity contribution in [1.82, 2.24) is 4.90 Å². The molecule has 2 aromatic carbocycles. The Morgan fingerprint density at radius 3 is 2.40 bits per heavy atom. The van der Waals surface area contributed by atoms with Crippen molar-refractivity contribution in [3.05, 3.63) is 59.4 Å². The summed E-state index contributed by atoms with van der Waals surface area (Å²) in [6, 6.07) is 12.3. The third-order valence-corrected chi connectivity index (χ3v) is 6.90. The first-order valence-corrected chi connectivity index (χ1v) is 12.1. The fraction of sp³-hybridized carbons (Fsp3) is 0.519. The maximum absolute atomic E-state index is 14.5. The third-order valence-electron chi connectivity index (χ3n) is 6.90. The fourth-order valence-corrected chi connectivity index (χ4v) is 4.59. The van der Waals surface area contributed by atoms with Crippen LogP contribution < -0.4 is 15.4 Å². The first-order chi connectivity index (χ1) is 16.8. The van der Waals surface area contributed by atoms with Crippen LogP contribution in [0, 0.1) is 5.82 Å². The number of nitrogens with zero attached hydrogens (tertiary/aromatic N) is 2. The highest BCUT2D eigenvalue weighted by molar-refractivity contribution is 5.91. The molecule has 3 rings (SSSR count). The SMILES string of the molecule is COC1CCC(OC)(c2cc(F)cc(OCc3ccc(N(C)C(=O)N(C)CCCN)cc3)c2)CC1. The Morgan fingerprint density at radius 2 is 1.80 bits per heavy atom. The van der Waals surface area contributed by atoms with E-state index in [0.29, 0.717) is 18.8 Å². The van der Waals surface area contributed by atoms with Crippen LogP contribution >= 0.6 is 0 Å². The number of carbonyl (C=O) groups excluding carboxylic acids is 1. The van der Waals surface area contributed by atoms with Gasteiger partial charge in [0, 0.05) is 46.6 Å². The molecule has 1 aliphatic carbocycles. The number of methoxy groups -OCH3 is 2. The number of carbonyl (C=O) groups is 1. The lowest BCUT2D eigenvalue weighted by atomic mass is 9.78. The summed E-state index contributed by atoms with van der Waals surface area (Å²) in [7, 11) is 6.91. The van der Waals surface area contributed by atoms with Crippen molar-refractivity contribution < 1.29 is 23.4 Å². The van der Waals surface area contributed by atoms with Gasteiger partial charge in [0.05, 0.1) is 11.7 Å². The molecule has 0 saturated heterocycles. The molecule has 192 valence electrons. The number of amides is 2. The van der Waals surface area contributed by atoms with Crippen LogP contribution in [-0.2, 0) is 21.7 Å². The van der Waals surface area contributed by atoms with Crippen molar-refractivity contribution in [2.24, 2.45) is 5.73 Å². The molecule has 35 heavy (non-hydrogen) atoms. The molecule has 1 aliphatic rings. The smallest absolute Gasteiger partial charge is 0.323 e. The molecule has 0 radical (unpaired) electrons. The van der Waals surface area contributed by atoms with Gasteiger partial charge >= 0.3 is 6.03 Å². The number of benzene rings is 2. The lowest BCUT2D eigenvalue weighted by Crippen LogP contribution is -2.39. The molecule has 2 amide bonds. The Balaban J connectivity index is 1.65. The second kappa shape index (κ2) is 12.3. The average Bonchev–Trinajstić information content (AvgIpc) is 2.89. The van der Waals surface area contributed by atoms with Crippen LogP contribution in [0.25, 0.3) is 0 Å². The predicted molar refractivity (Wildman–Crippen MR) is 135 cm³/mol. The summed E-state index contributed by atoms with van der Waals surface area (Å²) in [6.45, 7) is 1.44. The van der Waals surface area contributed by atoms with Gasteiger partial charge in [-0.1, -0.05) is 12.1 Å². The van der Waals surface area contributed by atoms with E-state index < -0.39 is 5.60 Å². The van der Waals surface area contributed by atoms with Gasteiger partial charge in [0.1, 0.15) is 18.2 Å². The van der Waals surface area contributed by atoms with E-state index >= 15 is 0 Å². The normalized spacial score (nSPS) is 19.9. The molecule has 2 N–H and O–H groups in total. The molecule has 1 fully saturated rings.